The number of alkyl halides is 3. The zero-order valence-electron chi connectivity index (χ0n) is 9.99. The van der Waals surface area contributed by atoms with Crippen molar-refractivity contribution in [3.8, 4) is 5.69 Å². The Morgan fingerprint density at radius 2 is 2.10 bits per heavy atom. The van der Waals surface area contributed by atoms with Crippen molar-refractivity contribution in [2.45, 2.75) is 6.18 Å². The van der Waals surface area contributed by atoms with Gasteiger partial charge in [-0.3, -0.25) is 4.79 Å². The van der Waals surface area contributed by atoms with Crippen LogP contribution in [-0.2, 0) is 0 Å². The molecular formula is C12H9ClF3N3O. The Morgan fingerprint density at radius 3 is 2.75 bits per heavy atom. The molecule has 1 N–H and O–H groups in total. The second-order valence-electron chi connectivity index (χ2n) is 3.92. The minimum absolute atomic E-state index is 0.103. The van der Waals surface area contributed by atoms with Crippen molar-refractivity contribution in [2.24, 2.45) is 0 Å². The minimum atomic E-state index is -4.45. The highest BCUT2D eigenvalue weighted by Gasteiger charge is 2.28. The minimum Gasteiger partial charge on any atom is -0.342 e. The van der Waals surface area contributed by atoms with Gasteiger partial charge in [0, 0.05) is 11.2 Å². The monoisotopic (exact) mass is 303 g/mol. The molecule has 0 fully saturated rings. The van der Waals surface area contributed by atoms with Gasteiger partial charge in [-0.1, -0.05) is 17.7 Å². The summed E-state index contributed by atoms with van der Waals surface area (Å²) in [6.45, 7) is -1.39. The number of benzene rings is 1. The van der Waals surface area contributed by atoms with Crippen molar-refractivity contribution in [1.82, 2.24) is 15.1 Å². The van der Waals surface area contributed by atoms with Crippen LogP contribution in [0.1, 0.15) is 10.5 Å². The third-order valence-corrected chi connectivity index (χ3v) is 2.58. The first-order valence-corrected chi connectivity index (χ1v) is 5.89. The molecule has 1 aromatic carbocycles. The number of nitrogens with zero attached hydrogens (tertiary/aromatic N) is 2. The fourth-order valence-electron chi connectivity index (χ4n) is 1.48. The second-order valence-corrected chi connectivity index (χ2v) is 4.36. The molecule has 20 heavy (non-hydrogen) atoms. The molecule has 4 nitrogen and oxygen atoms in total. The molecule has 0 aliphatic rings. The Kier molecular flexibility index (Phi) is 3.99. The Labute approximate surface area is 117 Å². The van der Waals surface area contributed by atoms with Crippen LogP contribution < -0.4 is 5.32 Å². The van der Waals surface area contributed by atoms with Crippen molar-refractivity contribution >= 4 is 17.5 Å². The lowest BCUT2D eigenvalue weighted by molar-refractivity contribution is -0.123. The van der Waals surface area contributed by atoms with Gasteiger partial charge in [-0.2, -0.15) is 18.3 Å². The summed E-state index contributed by atoms with van der Waals surface area (Å²) in [6.07, 6.45) is -2.99. The van der Waals surface area contributed by atoms with E-state index < -0.39 is 18.6 Å². The fraction of sp³-hybridized carbons (Fsp3) is 0.167. The average Bonchev–Trinajstić information content (AvgIpc) is 2.84. The molecule has 0 spiro atoms. The molecule has 1 amide bonds. The number of amides is 1. The summed E-state index contributed by atoms with van der Waals surface area (Å²) in [5.74, 6) is -0.886. The number of aromatic nitrogens is 2. The van der Waals surface area contributed by atoms with E-state index in [0.717, 1.165) is 0 Å². The lowest BCUT2D eigenvalue weighted by Gasteiger charge is -2.06. The van der Waals surface area contributed by atoms with Crippen molar-refractivity contribution in [3.05, 3.63) is 47.2 Å². The molecule has 0 bridgehead atoms. The summed E-state index contributed by atoms with van der Waals surface area (Å²) < 4.78 is 37.3. The quantitative estimate of drug-likeness (QED) is 0.948. The summed E-state index contributed by atoms with van der Waals surface area (Å²) in [4.78, 5) is 11.5. The number of carbonyl (C=O) groups excluding carboxylic acids is 1. The van der Waals surface area contributed by atoms with Gasteiger partial charge in [0.05, 0.1) is 5.69 Å². The number of hydrogen-bond donors (Lipinski definition) is 1. The largest absolute Gasteiger partial charge is 0.405 e. The first-order chi connectivity index (χ1) is 9.35. The van der Waals surface area contributed by atoms with Gasteiger partial charge >= 0.3 is 6.18 Å². The Morgan fingerprint density at radius 1 is 1.35 bits per heavy atom. The van der Waals surface area contributed by atoms with Crippen molar-refractivity contribution in [1.29, 1.82) is 0 Å². The molecule has 106 valence electrons. The van der Waals surface area contributed by atoms with Crippen LogP contribution in [0.5, 0.6) is 0 Å². The summed E-state index contributed by atoms with van der Waals surface area (Å²) in [5.41, 5.74) is 0.501. The molecule has 0 atom stereocenters. The molecule has 0 saturated carbocycles. The summed E-state index contributed by atoms with van der Waals surface area (Å²) in [5, 5.41) is 6.14. The van der Waals surface area contributed by atoms with Crippen molar-refractivity contribution in [2.75, 3.05) is 6.54 Å². The van der Waals surface area contributed by atoms with Gasteiger partial charge in [0.25, 0.3) is 5.91 Å². The van der Waals surface area contributed by atoms with E-state index in [9.17, 15) is 18.0 Å². The molecule has 0 radical (unpaired) electrons. The average molecular weight is 304 g/mol. The Bertz CT molecular complexity index is 624. The van der Waals surface area contributed by atoms with E-state index in [0.29, 0.717) is 10.7 Å². The van der Waals surface area contributed by atoms with Crippen molar-refractivity contribution in [3.63, 3.8) is 0 Å². The van der Waals surface area contributed by atoms with E-state index in [4.69, 9.17) is 11.6 Å². The highest BCUT2D eigenvalue weighted by molar-refractivity contribution is 6.30. The molecule has 2 aromatic rings. The zero-order valence-corrected chi connectivity index (χ0v) is 10.7. The second kappa shape index (κ2) is 5.54. The van der Waals surface area contributed by atoms with E-state index >= 15 is 0 Å². The third kappa shape index (κ3) is 3.74. The van der Waals surface area contributed by atoms with Crippen LogP contribution in [0.4, 0.5) is 13.2 Å². The van der Waals surface area contributed by atoms with Crippen LogP contribution >= 0.6 is 11.6 Å². The lowest BCUT2D eigenvalue weighted by atomic mass is 10.3. The van der Waals surface area contributed by atoms with Gasteiger partial charge in [-0.05, 0) is 24.3 Å². The third-order valence-electron chi connectivity index (χ3n) is 2.34. The molecule has 0 aliphatic carbocycles. The van der Waals surface area contributed by atoms with Crippen LogP contribution in [0.2, 0.25) is 5.02 Å². The standard InChI is InChI=1S/C12H9ClF3N3O/c13-8-2-1-3-9(6-8)19-5-4-10(18-19)11(20)17-7-12(14,15)16/h1-6H,7H2,(H,17,20). The first kappa shape index (κ1) is 14.4. The van der Waals surface area contributed by atoms with Crippen LogP contribution in [0.15, 0.2) is 36.5 Å². The zero-order chi connectivity index (χ0) is 14.8. The van der Waals surface area contributed by atoms with Gasteiger partial charge in [0.1, 0.15) is 6.54 Å². The number of hydrogen-bond acceptors (Lipinski definition) is 2. The lowest BCUT2D eigenvalue weighted by Crippen LogP contribution is -2.33. The SMILES string of the molecule is O=C(NCC(F)(F)F)c1ccn(-c2cccc(Cl)c2)n1. The molecule has 8 heteroatoms. The van der Waals surface area contributed by atoms with Crippen LogP contribution in [0, 0.1) is 0 Å². The summed E-state index contributed by atoms with van der Waals surface area (Å²) >= 11 is 5.82. The molecule has 1 heterocycles. The maximum absolute atomic E-state index is 12.0. The predicted molar refractivity (Wildman–Crippen MR) is 67.0 cm³/mol. The fourth-order valence-corrected chi connectivity index (χ4v) is 1.66. The number of halogens is 4. The van der Waals surface area contributed by atoms with E-state index in [-0.39, 0.29) is 5.69 Å². The van der Waals surface area contributed by atoms with Gasteiger partial charge in [-0.25, -0.2) is 4.68 Å². The van der Waals surface area contributed by atoms with Crippen molar-refractivity contribution < 1.29 is 18.0 Å². The maximum atomic E-state index is 12.0. The normalized spacial score (nSPS) is 11.4. The molecule has 0 aliphatic heterocycles. The van der Waals surface area contributed by atoms with Gasteiger partial charge < -0.3 is 5.32 Å². The smallest absolute Gasteiger partial charge is 0.342 e. The summed E-state index contributed by atoms with van der Waals surface area (Å²) in [6, 6.07) is 8.02. The Hall–Kier alpha value is -2.02. The number of rotatable bonds is 3. The van der Waals surface area contributed by atoms with E-state index in [2.05, 4.69) is 5.10 Å². The van der Waals surface area contributed by atoms with Gasteiger partial charge in [0.2, 0.25) is 0 Å². The van der Waals surface area contributed by atoms with E-state index in [1.165, 1.54) is 16.9 Å². The van der Waals surface area contributed by atoms with Crippen LogP contribution in [-0.4, -0.2) is 28.4 Å². The number of carbonyl (C=O) groups is 1. The molecule has 2 rings (SSSR count). The van der Waals surface area contributed by atoms with Crippen LogP contribution in [0.3, 0.4) is 0 Å². The predicted octanol–water partition coefficient (Wildman–Crippen LogP) is 2.82. The Balaban J connectivity index is 2.11. The molecule has 1 aromatic heterocycles. The van der Waals surface area contributed by atoms with E-state index in [1.54, 1.807) is 29.6 Å². The summed E-state index contributed by atoms with van der Waals surface area (Å²) in [7, 11) is 0. The molecule has 0 saturated heterocycles. The molecule has 0 unspecified atom stereocenters. The van der Waals surface area contributed by atoms with Crippen LogP contribution in [0.25, 0.3) is 5.69 Å². The number of nitrogens with one attached hydrogen (secondary N) is 1. The first-order valence-electron chi connectivity index (χ1n) is 5.52. The van der Waals surface area contributed by atoms with E-state index in [1.807, 2.05) is 0 Å². The highest BCUT2D eigenvalue weighted by Crippen LogP contribution is 2.15. The van der Waals surface area contributed by atoms with Gasteiger partial charge in [0.15, 0.2) is 5.69 Å². The highest BCUT2D eigenvalue weighted by atomic mass is 35.5. The molecular weight excluding hydrogens is 295 g/mol. The topological polar surface area (TPSA) is 46.9 Å². The maximum Gasteiger partial charge on any atom is 0.405 e. The van der Waals surface area contributed by atoms with Gasteiger partial charge in [-0.15, -0.1) is 0 Å².